The average Bonchev–Trinajstić information content (AvgIpc) is 2.74. The zero-order chi connectivity index (χ0) is 19.3. The molecule has 1 aliphatic carbocycles. The average molecular weight is 394 g/mol. The molecule has 0 radical (unpaired) electrons. The van der Waals surface area contributed by atoms with Crippen LogP contribution < -0.4 is 10.9 Å². The Bertz CT molecular complexity index is 1030. The van der Waals surface area contributed by atoms with Crippen molar-refractivity contribution in [2.75, 3.05) is 5.75 Å². The first-order valence-electron chi connectivity index (χ1n) is 9.72. The monoisotopic (exact) mass is 393 g/mol. The Morgan fingerprint density at radius 3 is 2.54 bits per heavy atom. The maximum atomic E-state index is 13.1. The van der Waals surface area contributed by atoms with Crippen molar-refractivity contribution in [1.29, 1.82) is 0 Å². The molecule has 6 heteroatoms. The van der Waals surface area contributed by atoms with Gasteiger partial charge in [-0.1, -0.05) is 61.4 Å². The summed E-state index contributed by atoms with van der Waals surface area (Å²) in [5, 5.41) is 4.23. The minimum atomic E-state index is -0.119. The molecule has 4 rings (SSSR count). The molecule has 1 saturated carbocycles. The predicted molar refractivity (Wildman–Crippen MR) is 113 cm³/mol. The Hall–Kier alpha value is -2.60. The summed E-state index contributed by atoms with van der Waals surface area (Å²) in [6, 6.07) is 17.1. The van der Waals surface area contributed by atoms with Crippen LogP contribution in [0, 0.1) is 0 Å². The van der Waals surface area contributed by atoms with Crippen molar-refractivity contribution in [3.63, 3.8) is 0 Å². The molecule has 1 amide bonds. The van der Waals surface area contributed by atoms with Crippen LogP contribution in [0.15, 0.2) is 64.5 Å². The van der Waals surface area contributed by atoms with Crippen molar-refractivity contribution in [1.82, 2.24) is 14.9 Å². The largest absolute Gasteiger partial charge is 0.353 e. The van der Waals surface area contributed by atoms with Gasteiger partial charge in [0.15, 0.2) is 5.16 Å². The third-order valence-electron chi connectivity index (χ3n) is 5.06. The number of rotatable bonds is 5. The van der Waals surface area contributed by atoms with Gasteiger partial charge < -0.3 is 5.32 Å². The first kappa shape index (κ1) is 18.7. The molecule has 0 bridgehead atoms. The Morgan fingerprint density at radius 2 is 1.75 bits per heavy atom. The minimum absolute atomic E-state index is 0.00100. The molecule has 2 aromatic carbocycles. The fourth-order valence-electron chi connectivity index (χ4n) is 3.66. The standard InChI is InChI=1S/C22H23N3O2S/c26-20(23-16-9-3-1-4-10-16)15-28-22-24-19-14-8-7-13-18(19)21(27)25(22)17-11-5-2-6-12-17/h2,5-8,11-14,16H,1,3-4,9-10,15H2,(H,23,26). The summed E-state index contributed by atoms with van der Waals surface area (Å²) < 4.78 is 1.60. The van der Waals surface area contributed by atoms with Gasteiger partial charge in [0.1, 0.15) is 0 Å². The number of hydrogen-bond donors (Lipinski definition) is 1. The lowest BCUT2D eigenvalue weighted by atomic mass is 9.95. The van der Waals surface area contributed by atoms with Crippen LogP contribution >= 0.6 is 11.8 Å². The summed E-state index contributed by atoms with van der Waals surface area (Å²) in [5.74, 6) is 0.243. The summed E-state index contributed by atoms with van der Waals surface area (Å²) in [5.41, 5.74) is 1.28. The molecule has 144 valence electrons. The highest BCUT2D eigenvalue weighted by Crippen LogP contribution is 2.22. The number of para-hydroxylation sites is 2. The van der Waals surface area contributed by atoms with Gasteiger partial charge in [-0.15, -0.1) is 0 Å². The molecular formula is C22H23N3O2S. The molecule has 0 atom stereocenters. The summed E-state index contributed by atoms with van der Waals surface area (Å²) in [6.45, 7) is 0. The second-order valence-corrected chi connectivity index (χ2v) is 8.02. The lowest BCUT2D eigenvalue weighted by molar-refractivity contribution is -0.119. The lowest BCUT2D eigenvalue weighted by Gasteiger charge is -2.22. The maximum absolute atomic E-state index is 13.1. The Labute approximate surface area is 168 Å². The van der Waals surface area contributed by atoms with Gasteiger partial charge in [-0.3, -0.25) is 14.2 Å². The number of nitrogens with zero attached hydrogens (tertiary/aromatic N) is 2. The van der Waals surface area contributed by atoms with Gasteiger partial charge in [-0.2, -0.15) is 0 Å². The summed E-state index contributed by atoms with van der Waals surface area (Å²) >= 11 is 1.31. The number of carbonyl (C=O) groups excluding carboxylic acids is 1. The molecule has 0 saturated heterocycles. The zero-order valence-corrected chi connectivity index (χ0v) is 16.5. The number of benzene rings is 2. The maximum Gasteiger partial charge on any atom is 0.266 e. The van der Waals surface area contributed by atoms with Crippen LogP contribution in [0.4, 0.5) is 0 Å². The van der Waals surface area contributed by atoms with E-state index in [9.17, 15) is 9.59 Å². The first-order valence-corrected chi connectivity index (χ1v) is 10.7. The van der Waals surface area contributed by atoms with Gasteiger partial charge in [0, 0.05) is 6.04 Å². The number of hydrogen-bond acceptors (Lipinski definition) is 4. The number of thioether (sulfide) groups is 1. The Kier molecular flexibility index (Phi) is 5.76. The van der Waals surface area contributed by atoms with Gasteiger partial charge >= 0.3 is 0 Å². The summed E-state index contributed by atoms with van der Waals surface area (Å²) in [7, 11) is 0. The molecule has 1 heterocycles. The van der Waals surface area contributed by atoms with E-state index in [2.05, 4.69) is 10.3 Å². The van der Waals surface area contributed by atoms with Crippen LogP contribution in [0.25, 0.3) is 16.6 Å². The fraction of sp³-hybridized carbons (Fsp3) is 0.318. The predicted octanol–water partition coefficient (Wildman–Crippen LogP) is 3.93. The number of nitrogens with one attached hydrogen (secondary N) is 1. The molecule has 0 unspecified atom stereocenters. The van der Waals surface area contributed by atoms with Crippen molar-refractivity contribution in [2.24, 2.45) is 0 Å². The number of fused-ring (bicyclic) bond motifs is 1. The van der Waals surface area contributed by atoms with E-state index in [0.717, 1.165) is 18.5 Å². The van der Waals surface area contributed by atoms with E-state index in [1.165, 1.54) is 31.0 Å². The van der Waals surface area contributed by atoms with Crippen molar-refractivity contribution < 1.29 is 4.79 Å². The molecule has 0 spiro atoms. The van der Waals surface area contributed by atoms with Crippen molar-refractivity contribution in [3.8, 4) is 5.69 Å². The molecule has 28 heavy (non-hydrogen) atoms. The molecule has 0 aliphatic heterocycles. The van der Waals surface area contributed by atoms with Crippen LogP contribution in [-0.4, -0.2) is 27.3 Å². The van der Waals surface area contributed by atoms with Gasteiger partial charge in [0.2, 0.25) is 5.91 Å². The van der Waals surface area contributed by atoms with E-state index in [4.69, 9.17) is 0 Å². The van der Waals surface area contributed by atoms with Gasteiger partial charge in [0.05, 0.1) is 22.3 Å². The molecule has 1 N–H and O–H groups in total. The number of carbonyl (C=O) groups is 1. The van der Waals surface area contributed by atoms with E-state index in [-0.39, 0.29) is 23.3 Å². The molecule has 1 fully saturated rings. The van der Waals surface area contributed by atoms with Gasteiger partial charge in [-0.25, -0.2) is 4.98 Å². The van der Waals surface area contributed by atoms with Gasteiger partial charge in [0.25, 0.3) is 5.56 Å². The van der Waals surface area contributed by atoms with Crippen LogP contribution in [0.3, 0.4) is 0 Å². The Morgan fingerprint density at radius 1 is 1.04 bits per heavy atom. The second kappa shape index (κ2) is 8.61. The smallest absolute Gasteiger partial charge is 0.266 e. The van der Waals surface area contributed by atoms with Crippen LogP contribution in [0.1, 0.15) is 32.1 Å². The molecule has 3 aromatic rings. The molecule has 5 nitrogen and oxygen atoms in total. The quantitative estimate of drug-likeness (QED) is 0.527. The topological polar surface area (TPSA) is 64.0 Å². The first-order chi connectivity index (χ1) is 13.7. The number of amides is 1. The zero-order valence-electron chi connectivity index (χ0n) is 15.6. The van der Waals surface area contributed by atoms with E-state index in [1.807, 2.05) is 48.5 Å². The second-order valence-electron chi connectivity index (χ2n) is 7.08. The van der Waals surface area contributed by atoms with E-state index in [0.29, 0.717) is 16.1 Å². The van der Waals surface area contributed by atoms with E-state index >= 15 is 0 Å². The highest BCUT2D eigenvalue weighted by molar-refractivity contribution is 7.99. The van der Waals surface area contributed by atoms with Crippen molar-refractivity contribution >= 4 is 28.6 Å². The SMILES string of the molecule is O=C(CSc1nc2ccccc2c(=O)n1-c1ccccc1)NC1CCCCC1. The number of aromatic nitrogens is 2. The van der Waals surface area contributed by atoms with Crippen molar-refractivity contribution in [2.45, 2.75) is 43.3 Å². The summed E-state index contributed by atoms with van der Waals surface area (Å²) in [6.07, 6.45) is 5.72. The highest BCUT2D eigenvalue weighted by atomic mass is 32.2. The van der Waals surface area contributed by atoms with Gasteiger partial charge in [-0.05, 0) is 37.1 Å². The highest BCUT2D eigenvalue weighted by Gasteiger charge is 2.18. The van der Waals surface area contributed by atoms with Crippen molar-refractivity contribution in [3.05, 3.63) is 65.0 Å². The third kappa shape index (κ3) is 4.12. The molecule has 1 aliphatic rings. The fourth-order valence-corrected chi connectivity index (χ4v) is 4.48. The third-order valence-corrected chi connectivity index (χ3v) is 6.00. The molecular weight excluding hydrogens is 370 g/mol. The van der Waals surface area contributed by atoms with Crippen LogP contribution in [0.2, 0.25) is 0 Å². The van der Waals surface area contributed by atoms with Crippen LogP contribution in [-0.2, 0) is 4.79 Å². The normalized spacial score (nSPS) is 14.9. The Balaban J connectivity index is 1.62. The lowest BCUT2D eigenvalue weighted by Crippen LogP contribution is -2.37. The molecule has 1 aromatic heterocycles. The van der Waals surface area contributed by atoms with E-state index < -0.39 is 0 Å². The van der Waals surface area contributed by atoms with E-state index in [1.54, 1.807) is 10.6 Å². The van der Waals surface area contributed by atoms with Crippen LogP contribution in [0.5, 0.6) is 0 Å². The summed E-state index contributed by atoms with van der Waals surface area (Å²) in [4.78, 5) is 30.2. The minimum Gasteiger partial charge on any atom is -0.353 e.